The number of carbonyl (C=O) groups is 3. The average molecular weight is 331 g/mol. The van der Waals surface area contributed by atoms with E-state index >= 15 is 0 Å². The second-order valence-electron chi connectivity index (χ2n) is 6.48. The van der Waals surface area contributed by atoms with Crippen LogP contribution in [0.2, 0.25) is 0 Å². The number of amides is 4. The van der Waals surface area contributed by atoms with E-state index in [1.807, 2.05) is 45.0 Å². The van der Waals surface area contributed by atoms with Gasteiger partial charge in [-0.2, -0.15) is 0 Å². The minimum atomic E-state index is -0.552. The van der Waals surface area contributed by atoms with Gasteiger partial charge in [0.25, 0.3) is 5.91 Å². The first-order chi connectivity index (χ1) is 11.3. The number of imide groups is 1. The Bertz CT molecular complexity index is 625. The zero-order chi connectivity index (χ0) is 17.9. The van der Waals surface area contributed by atoms with Crippen molar-refractivity contribution in [2.45, 2.75) is 46.2 Å². The number of rotatable bonds is 6. The first-order valence-corrected chi connectivity index (χ1v) is 8.33. The van der Waals surface area contributed by atoms with E-state index in [9.17, 15) is 14.4 Å². The van der Waals surface area contributed by atoms with Crippen molar-refractivity contribution in [1.82, 2.24) is 15.5 Å². The van der Waals surface area contributed by atoms with Crippen molar-refractivity contribution in [3.63, 3.8) is 0 Å². The summed E-state index contributed by atoms with van der Waals surface area (Å²) in [5.41, 5.74) is 2.22. The summed E-state index contributed by atoms with van der Waals surface area (Å²) >= 11 is 0. The van der Waals surface area contributed by atoms with Gasteiger partial charge in [-0.3, -0.25) is 14.5 Å². The van der Waals surface area contributed by atoms with E-state index in [-0.39, 0.29) is 30.3 Å². The molecule has 6 nitrogen and oxygen atoms in total. The fourth-order valence-electron chi connectivity index (χ4n) is 2.70. The summed E-state index contributed by atoms with van der Waals surface area (Å²) in [5, 5.41) is 5.45. The van der Waals surface area contributed by atoms with Gasteiger partial charge in [0.15, 0.2) is 0 Å². The van der Waals surface area contributed by atoms with Gasteiger partial charge in [-0.1, -0.05) is 45.0 Å². The predicted molar refractivity (Wildman–Crippen MR) is 91.2 cm³/mol. The summed E-state index contributed by atoms with van der Waals surface area (Å²) in [7, 11) is 0. The Morgan fingerprint density at radius 1 is 1.21 bits per heavy atom. The zero-order valence-electron chi connectivity index (χ0n) is 14.6. The van der Waals surface area contributed by atoms with Crippen molar-refractivity contribution in [2.24, 2.45) is 5.92 Å². The van der Waals surface area contributed by atoms with Crippen molar-refractivity contribution in [2.75, 3.05) is 6.54 Å². The molecule has 1 aliphatic rings. The smallest absolute Gasteiger partial charge is 0.325 e. The van der Waals surface area contributed by atoms with Crippen LogP contribution in [0.3, 0.4) is 0 Å². The fourth-order valence-corrected chi connectivity index (χ4v) is 2.70. The third-order valence-electron chi connectivity index (χ3n) is 4.29. The highest BCUT2D eigenvalue weighted by Gasteiger charge is 2.40. The maximum absolute atomic E-state index is 12.2. The molecule has 0 saturated carbocycles. The Morgan fingerprint density at radius 2 is 1.83 bits per heavy atom. The molecule has 0 bridgehead atoms. The minimum absolute atomic E-state index is 0.00878. The van der Waals surface area contributed by atoms with E-state index in [0.29, 0.717) is 0 Å². The van der Waals surface area contributed by atoms with Crippen molar-refractivity contribution in [3.8, 4) is 0 Å². The van der Waals surface area contributed by atoms with Gasteiger partial charge in [0.05, 0.1) is 6.04 Å². The van der Waals surface area contributed by atoms with Crippen LogP contribution in [0.15, 0.2) is 24.3 Å². The van der Waals surface area contributed by atoms with Crippen LogP contribution in [0.4, 0.5) is 4.79 Å². The molecule has 0 aliphatic carbocycles. The van der Waals surface area contributed by atoms with Crippen molar-refractivity contribution in [3.05, 3.63) is 35.4 Å². The van der Waals surface area contributed by atoms with E-state index in [1.165, 1.54) is 5.56 Å². The lowest BCUT2D eigenvalue weighted by molar-refractivity contribution is -0.133. The van der Waals surface area contributed by atoms with E-state index in [4.69, 9.17) is 0 Å². The van der Waals surface area contributed by atoms with Crippen LogP contribution < -0.4 is 10.6 Å². The van der Waals surface area contributed by atoms with Crippen LogP contribution in [0.1, 0.15) is 44.9 Å². The molecule has 0 unspecified atom stereocenters. The predicted octanol–water partition coefficient (Wildman–Crippen LogP) is 2.00. The van der Waals surface area contributed by atoms with Gasteiger partial charge in [-0.15, -0.1) is 0 Å². The average Bonchev–Trinajstić information content (AvgIpc) is 2.83. The minimum Gasteiger partial charge on any atom is -0.348 e. The molecule has 6 heteroatoms. The standard InChI is InChI=1S/C18H25N3O3/c1-5-13-6-8-14(9-7-13)12(4)19-15(22)10-21-17(23)16(11(2)3)20-18(21)24/h6-9,11-12,16H,5,10H2,1-4H3,(H,19,22)(H,20,24)/t12-,16+/m1/s1. The van der Waals surface area contributed by atoms with E-state index in [2.05, 4.69) is 17.6 Å². The molecule has 130 valence electrons. The summed E-state index contributed by atoms with van der Waals surface area (Å²) < 4.78 is 0. The van der Waals surface area contributed by atoms with Crippen LogP contribution in [-0.4, -0.2) is 35.3 Å². The molecule has 2 N–H and O–H groups in total. The molecule has 2 rings (SSSR count). The molecule has 1 heterocycles. The number of urea groups is 1. The summed E-state index contributed by atoms with van der Waals surface area (Å²) in [5.74, 6) is -0.703. The molecule has 1 saturated heterocycles. The van der Waals surface area contributed by atoms with E-state index in [0.717, 1.165) is 16.9 Å². The monoisotopic (exact) mass is 331 g/mol. The number of hydrogen-bond acceptors (Lipinski definition) is 3. The Balaban J connectivity index is 1.95. The summed E-state index contributed by atoms with van der Waals surface area (Å²) in [6.45, 7) is 7.42. The molecule has 0 aromatic heterocycles. The molecular formula is C18H25N3O3. The Kier molecular flexibility index (Phi) is 5.59. The summed E-state index contributed by atoms with van der Waals surface area (Å²) in [4.78, 5) is 37.2. The highest BCUT2D eigenvalue weighted by atomic mass is 16.2. The normalized spacial score (nSPS) is 18.7. The van der Waals surface area contributed by atoms with E-state index in [1.54, 1.807) is 0 Å². The van der Waals surface area contributed by atoms with E-state index < -0.39 is 12.1 Å². The van der Waals surface area contributed by atoms with Gasteiger partial charge in [0.2, 0.25) is 5.91 Å². The number of carbonyl (C=O) groups excluding carboxylic acids is 3. The Labute approximate surface area is 142 Å². The van der Waals surface area contributed by atoms with Crippen LogP contribution in [0.25, 0.3) is 0 Å². The lowest BCUT2D eigenvalue weighted by atomic mass is 10.0. The third kappa shape index (κ3) is 3.93. The SMILES string of the molecule is CCc1ccc([C@@H](C)NC(=O)CN2C(=O)N[C@@H](C(C)C)C2=O)cc1. The molecule has 1 aliphatic heterocycles. The molecule has 0 spiro atoms. The highest BCUT2D eigenvalue weighted by molar-refractivity contribution is 6.06. The largest absolute Gasteiger partial charge is 0.348 e. The van der Waals surface area contributed by atoms with Crippen LogP contribution in [0, 0.1) is 5.92 Å². The first kappa shape index (κ1) is 18.0. The van der Waals surface area contributed by atoms with Crippen LogP contribution >= 0.6 is 0 Å². The Hall–Kier alpha value is -2.37. The lowest BCUT2D eigenvalue weighted by Crippen LogP contribution is -2.42. The van der Waals surface area contributed by atoms with Gasteiger partial charge in [0.1, 0.15) is 12.6 Å². The van der Waals surface area contributed by atoms with Crippen molar-refractivity contribution >= 4 is 17.8 Å². The number of aryl methyl sites for hydroxylation is 1. The Morgan fingerprint density at radius 3 is 2.33 bits per heavy atom. The molecule has 2 atom stereocenters. The highest BCUT2D eigenvalue weighted by Crippen LogP contribution is 2.15. The fraction of sp³-hybridized carbons (Fsp3) is 0.500. The molecule has 1 aromatic rings. The number of nitrogens with one attached hydrogen (secondary N) is 2. The maximum atomic E-state index is 12.2. The second kappa shape index (κ2) is 7.47. The maximum Gasteiger partial charge on any atom is 0.325 e. The van der Waals surface area contributed by atoms with Gasteiger partial charge in [0, 0.05) is 0 Å². The topological polar surface area (TPSA) is 78.5 Å². The number of nitrogens with zero attached hydrogens (tertiary/aromatic N) is 1. The van der Waals surface area contributed by atoms with Gasteiger partial charge in [-0.25, -0.2) is 4.79 Å². The van der Waals surface area contributed by atoms with Crippen molar-refractivity contribution in [1.29, 1.82) is 0 Å². The molecule has 24 heavy (non-hydrogen) atoms. The summed E-state index contributed by atoms with van der Waals surface area (Å²) in [6.07, 6.45) is 0.963. The van der Waals surface area contributed by atoms with Crippen LogP contribution in [0.5, 0.6) is 0 Å². The molecule has 4 amide bonds. The second-order valence-corrected chi connectivity index (χ2v) is 6.48. The van der Waals surface area contributed by atoms with Gasteiger partial charge >= 0.3 is 6.03 Å². The van der Waals surface area contributed by atoms with Crippen LogP contribution in [-0.2, 0) is 16.0 Å². The van der Waals surface area contributed by atoms with Crippen molar-refractivity contribution < 1.29 is 14.4 Å². The quantitative estimate of drug-likeness (QED) is 0.783. The molecular weight excluding hydrogens is 306 g/mol. The first-order valence-electron chi connectivity index (χ1n) is 8.33. The molecule has 1 fully saturated rings. The lowest BCUT2D eigenvalue weighted by Gasteiger charge is -2.18. The molecule has 0 radical (unpaired) electrons. The third-order valence-corrected chi connectivity index (χ3v) is 4.29. The molecule has 1 aromatic carbocycles. The number of benzene rings is 1. The summed E-state index contributed by atoms with van der Waals surface area (Å²) in [6, 6.07) is 6.77. The zero-order valence-corrected chi connectivity index (χ0v) is 14.6. The number of hydrogen-bond donors (Lipinski definition) is 2. The van der Waals surface area contributed by atoms with Gasteiger partial charge in [-0.05, 0) is 30.4 Å². The van der Waals surface area contributed by atoms with Gasteiger partial charge < -0.3 is 10.6 Å².